The summed E-state index contributed by atoms with van der Waals surface area (Å²) in [5.41, 5.74) is 0.415. The normalized spacial score (nSPS) is 15.2. The summed E-state index contributed by atoms with van der Waals surface area (Å²) in [6.07, 6.45) is 1.05. The number of methoxy groups -OCH3 is 1. The van der Waals surface area contributed by atoms with Crippen LogP contribution < -0.4 is 4.74 Å². The molecule has 130 valence electrons. The third-order valence-electron chi connectivity index (χ3n) is 3.59. The predicted octanol–water partition coefficient (Wildman–Crippen LogP) is 1.25. The molecule has 3 rings (SSSR count). The van der Waals surface area contributed by atoms with E-state index in [0.717, 1.165) is 11.3 Å². The van der Waals surface area contributed by atoms with Crippen molar-refractivity contribution >= 4 is 27.3 Å². The molecular weight excluding hydrogens is 366 g/mol. The number of carbonyl (C=O) groups is 1. The third-order valence-corrected chi connectivity index (χ3v) is 6.48. The highest BCUT2D eigenvalue weighted by Gasteiger charge is 2.40. The number of sulfonamides is 1. The van der Waals surface area contributed by atoms with E-state index in [-0.39, 0.29) is 29.0 Å². The van der Waals surface area contributed by atoms with Crippen molar-refractivity contribution in [3.05, 3.63) is 40.2 Å². The quantitative estimate of drug-likeness (QED) is 0.719. The van der Waals surface area contributed by atoms with E-state index >= 15 is 0 Å². The second kappa shape index (κ2) is 6.79. The van der Waals surface area contributed by atoms with E-state index in [1.165, 1.54) is 29.1 Å². The summed E-state index contributed by atoms with van der Waals surface area (Å²) < 4.78 is 36.7. The van der Waals surface area contributed by atoms with Crippen LogP contribution in [0.2, 0.25) is 0 Å². The van der Waals surface area contributed by atoms with E-state index in [4.69, 9.17) is 10.00 Å². The minimum atomic E-state index is -3.78. The maximum absolute atomic E-state index is 12.6. The van der Waals surface area contributed by atoms with Crippen LogP contribution in [0.25, 0.3) is 0 Å². The molecule has 0 unspecified atom stereocenters. The Balaban J connectivity index is 1.66. The van der Waals surface area contributed by atoms with Crippen LogP contribution in [0.4, 0.5) is 0 Å². The van der Waals surface area contributed by atoms with Gasteiger partial charge in [-0.25, -0.2) is 18.2 Å². The predicted molar refractivity (Wildman–Crippen MR) is 87.8 cm³/mol. The fourth-order valence-electron chi connectivity index (χ4n) is 2.24. The number of rotatable bonds is 5. The fourth-order valence-corrected chi connectivity index (χ4v) is 5.05. The molecule has 0 amide bonds. The molecule has 8 nitrogen and oxygen atoms in total. The molecule has 0 aliphatic carbocycles. The van der Waals surface area contributed by atoms with Gasteiger partial charge in [-0.3, -0.25) is 0 Å². The molecule has 2 aromatic heterocycles. The number of aromatic nitrogens is 1. The SMILES string of the molecule is COC(=O)c1sccc1S(=O)(=O)N1CC(Oc2ccc(C#N)cn2)C1. The van der Waals surface area contributed by atoms with Crippen molar-refractivity contribution in [2.45, 2.75) is 11.0 Å². The number of ether oxygens (including phenoxy) is 2. The van der Waals surface area contributed by atoms with Crippen molar-refractivity contribution in [2.24, 2.45) is 0 Å². The van der Waals surface area contributed by atoms with Gasteiger partial charge in [-0.1, -0.05) is 0 Å². The van der Waals surface area contributed by atoms with Crippen LogP contribution in [0.3, 0.4) is 0 Å². The lowest BCUT2D eigenvalue weighted by molar-refractivity contribution is 0.0600. The van der Waals surface area contributed by atoms with E-state index in [2.05, 4.69) is 9.72 Å². The molecule has 1 saturated heterocycles. The van der Waals surface area contributed by atoms with Crippen LogP contribution in [-0.2, 0) is 14.8 Å². The molecule has 2 aromatic rings. The Bertz CT molecular complexity index is 925. The van der Waals surface area contributed by atoms with E-state index < -0.39 is 16.0 Å². The lowest BCUT2D eigenvalue weighted by Gasteiger charge is -2.37. The summed E-state index contributed by atoms with van der Waals surface area (Å²) in [7, 11) is -2.58. The molecule has 0 saturated carbocycles. The second-order valence-electron chi connectivity index (χ2n) is 5.16. The molecule has 1 aliphatic heterocycles. The maximum Gasteiger partial charge on any atom is 0.349 e. The molecule has 1 fully saturated rings. The highest BCUT2D eigenvalue weighted by atomic mass is 32.2. The first-order chi connectivity index (χ1) is 12.0. The van der Waals surface area contributed by atoms with Gasteiger partial charge in [0.05, 0.1) is 25.8 Å². The van der Waals surface area contributed by atoms with Gasteiger partial charge in [-0.2, -0.15) is 9.57 Å². The molecule has 10 heteroatoms. The highest BCUT2D eigenvalue weighted by molar-refractivity contribution is 7.89. The van der Waals surface area contributed by atoms with Gasteiger partial charge in [0.15, 0.2) is 0 Å². The number of nitrogens with zero attached hydrogens (tertiary/aromatic N) is 3. The zero-order valence-corrected chi connectivity index (χ0v) is 14.7. The highest BCUT2D eigenvalue weighted by Crippen LogP contribution is 2.29. The summed E-state index contributed by atoms with van der Waals surface area (Å²) in [5, 5.41) is 10.3. The molecule has 0 bridgehead atoms. The summed E-state index contributed by atoms with van der Waals surface area (Å²) in [6, 6.07) is 6.48. The molecule has 0 radical (unpaired) electrons. The molecule has 0 N–H and O–H groups in total. The fraction of sp³-hybridized carbons (Fsp3) is 0.267. The number of hydrogen-bond acceptors (Lipinski definition) is 8. The Hall–Kier alpha value is -2.48. The standard InChI is InChI=1S/C15H13N3O5S2/c1-22-15(19)14-12(4-5-24-14)25(20,21)18-8-11(9-18)23-13-3-2-10(6-16)7-17-13/h2-5,7,11H,8-9H2,1H3. The Morgan fingerprint density at radius 3 is 2.76 bits per heavy atom. The van der Waals surface area contributed by atoms with Gasteiger partial charge in [0.25, 0.3) is 0 Å². The van der Waals surface area contributed by atoms with E-state index in [9.17, 15) is 13.2 Å². The first-order valence-electron chi connectivity index (χ1n) is 7.14. The van der Waals surface area contributed by atoms with Crippen molar-refractivity contribution in [1.82, 2.24) is 9.29 Å². The summed E-state index contributed by atoms with van der Waals surface area (Å²) in [6.45, 7) is 0.306. The number of carbonyl (C=O) groups excluding carboxylic acids is 1. The minimum Gasteiger partial charge on any atom is -0.472 e. The lowest BCUT2D eigenvalue weighted by Crippen LogP contribution is -2.56. The first-order valence-corrected chi connectivity index (χ1v) is 9.46. The number of esters is 1. The Morgan fingerprint density at radius 2 is 2.16 bits per heavy atom. The molecule has 0 atom stereocenters. The Morgan fingerprint density at radius 1 is 1.40 bits per heavy atom. The molecule has 0 spiro atoms. The van der Waals surface area contributed by atoms with Crippen LogP contribution in [-0.4, -0.2) is 50.0 Å². The van der Waals surface area contributed by atoms with E-state index in [1.54, 1.807) is 12.1 Å². The lowest BCUT2D eigenvalue weighted by atomic mass is 10.2. The minimum absolute atomic E-state index is 0.0561. The number of nitriles is 1. The van der Waals surface area contributed by atoms with Crippen LogP contribution >= 0.6 is 11.3 Å². The maximum atomic E-state index is 12.6. The molecule has 0 aromatic carbocycles. The zero-order chi connectivity index (χ0) is 18.0. The van der Waals surface area contributed by atoms with Crippen LogP contribution in [0.15, 0.2) is 34.7 Å². The largest absolute Gasteiger partial charge is 0.472 e. The smallest absolute Gasteiger partial charge is 0.349 e. The molecule has 1 aliphatic rings. The zero-order valence-electron chi connectivity index (χ0n) is 13.1. The van der Waals surface area contributed by atoms with Gasteiger partial charge in [0.1, 0.15) is 21.9 Å². The first kappa shape index (κ1) is 17.3. The van der Waals surface area contributed by atoms with Crippen molar-refractivity contribution in [1.29, 1.82) is 5.26 Å². The molecule has 3 heterocycles. The topological polar surface area (TPSA) is 110 Å². The van der Waals surface area contributed by atoms with Crippen LogP contribution in [0.5, 0.6) is 5.88 Å². The average molecular weight is 379 g/mol. The Kier molecular flexibility index (Phi) is 4.71. The van der Waals surface area contributed by atoms with Gasteiger partial charge >= 0.3 is 5.97 Å². The van der Waals surface area contributed by atoms with E-state index in [0.29, 0.717) is 11.4 Å². The summed E-state index contributed by atoms with van der Waals surface area (Å²) in [5.74, 6) is -0.351. The van der Waals surface area contributed by atoms with Crippen molar-refractivity contribution < 1.29 is 22.7 Å². The van der Waals surface area contributed by atoms with Gasteiger partial charge < -0.3 is 9.47 Å². The molecule has 25 heavy (non-hydrogen) atoms. The number of hydrogen-bond donors (Lipinski definition) is 0. The third kappa shape index (κ3) is 3.34. The van der Waals surface area contributed by atoms with Crippen LogP contribution in [0, 0.1) is 11.3 Å². The van der Waals surface area contributed by atoms with Gasteiger partial charge in [-0.05, 0) is 17.5 Å². The van der Waals surface area contributed by atoms with Gasteiger partial charge in [-0.15, -0.1) is 11.3 Å². The Labute approximate surface area is 148 Å². The van der Waals surface area contributed by atoms with E-state index in [1.807, 2.05) is 6.07 Å². The molecular formula is C15H13N3O5S2. The van der Waals surface area contributed by atoms with Crippen molar-refractivity contribution in [3.8, 4) is 11.9 Å². The summed E-state index contributed by atoms with van der Waals surface area (Å²) >= 11 is 1.02. The van der Waals surface area contributed by atoms with Crippen molar-refractivity contribution in [2.75, 3.05) is 20.2 Å². The summed E-state index contributed by atoms with van der Waals surface area (Å²) in [4.78, 5) is 15.7. The monoisotopic (exact) mass is 379 g/mol. The number of pyridine rings is 1. The second-order valence-corrected chi connectivity index (χ2v) is 7.99. The van der Waals surface area contributed by atoms with Gasteiger partial charge in [0, 0.05) is 12.3 Å². The average Bonchev–Trinajstić information content (AvgIpc) is 3.08. The van der Waals surface area contributed by atoms with Gasteiger partial charge in [0.2, 0.25) is 15.9 Å². The number of thiophene rings is 1. The van der Waals surface area contributed by atoms with Crippen molar-refractivity contribution in [3.63, 3.8) is 0 Å². The van der Waals surface area contributed by atoms with Crippen LogP contribution in [0.1, 0.15) is 15.2 Å².